The summed E-state index contributed by atoms with van der Waals surface area (Å²) in [4.78, 5) is 18.9. The van der Waals surface area contributed by atoms with Gasteiger partial charge in [0.2, 0.25) is 5.95 Å². The first-order chi connectivity index (χ1) is 14.6. The Morgan fingerprint density at radius 1 is 1.13 bits per heavy atom. The van der Waals surface area contributed by atoms with E-state index in [-0.39, 0.29) is 23.1 Å². The van der Waals surface area contributed by atoms with Crippen LogP contribution in [0.1, 0.15) is 6.92 Å². The van der Waals surface area contributed by atoms with E-state index in [1.165, 1.54) is 24.3 Å². The van der Waals surface area contributed by atoms with Gasteiger partial charge in [-0.2, -0.15) is 4.98 Å². The third-order valence-corrected chi connectivity index (χ3v) is 3.84. The molecule has 0 saturated heterocycles. The lowest BCUT2D eigenvalue weighted by Crippen LogP contribution is -2.17. The average Bonchev–Trinajstić information content (AvgIpc) is 2.68. The van der Waals surface area contributed by atoms with Crippen LogP contribution in [0.4, 0.5) is 40.7 Å². The molecule has 0 aliphatic heterocycles. The van der Waals surface area contributed by atoms with Crippen molar-refractivity contribution >= 4 is 23.1 Å². The maximum Gasteiger partial charge on any atom is 0.573 e. The van der Waals surface area contributed by atoms with Crippen molar-refractivity contribution in [2.75, 3.05) is 17.2 Å². The molecule has 0 amide bonds. The van der Waals surface area contributed by atoms with Crippen molar-refractivity contribution in [1.82, 2.24) is 9.97 Å². The van der Waals surface area contributed by atoms with E-state index >= 15 is 0 Å². The van der Waals surface area contributed by atoms with Gasteiger partial charge in [0.25, 0.3) is 5.69 Å². The van der Waals surface area contributed by atoms with Gasteiger partial charge in [-0.15, -0.1) is 13.2 Å². The number of aromatic nitrogens is 2. The zero-order valence-corrected chi connectivity index (χ0v) is 15.9. The van der Waals surface area contributed by atoms with E-state index in [4.69, 9.17) is 0 Å². The topological polar surface area (TPSA) is 102 Å². The first-order valence-electron chi connectivity index (χ1n) is 8.84. The van der Waals surface area contributed by atoms with Gasteiger partial charge >= 0.3 is 6.36 Å². The van der Waals surface area contributed by atoms with Crippen molar-refractivity contribution in [2.45, 2.75) is 13.3 Å². The zero-order chi connectivity index (χ0) is 22.6. The summed E-state index contributed by atoms with van der Waals surface area (Å²) in [6, 6.07) is 9.55. The van der Waals surface area contributed by atoms with Crippen molar-refractivity contribution in [1.29, 1.82) is 0 Å². The lowest BCUT2D eigenvalue weighted by Gasteiger charge is -2.12. The number of nitrogens with zero attached hydrogens (tertiary/aromatic N) is 3. The third-order valence-electron chi connectivity index (χ3n) is 3.84. The molecule has 0 radical (unpaired) electrons. The highest BCUT2D eigenvalue weighted by Crippen LogP contribution is 2.31. The molecule has 0 fully saturated rings. The second-order valence-corrected chi connectivity index (χ2v) is 6.11. The molecule has 0 aliphatic rings. The molecular weight excluding hydrogens is 422 g/mol. The van der Waals surface area contributed by atoms with E-state index in [0.29, 0.717) is 12.1 Å². The minimum atomic E-state index is -4.85. The SMILES string of the molecule is CCNc1nc(Nc2ccc(F)cc2[N+](=O)[O-])cc(-c2cccc(OC(F)(F)F)c2)n1. The Bertz CT molecular complexity index is 1110. The molecule has 2 N–H and O–H groups in total. The lowest BCUT2D eigenvalue weighted by atomic mass is 10.1. The summed E-state index contributed by atoms with van der Waals surface area (Å²) in [5.74, 6) is -0.972. The molecule has 31 heavy (non-hydrogen) atoms. The highest BCUT2D eigenvalue weighted by molar-refractivity contribution is 5.72. The van der Waals surface area contributed by atoms with Gasteiger partial charge in [-0.05, 0) is 31.2 Å². The summed E-state index contributed by atoms with van der Waals surface area (Å²) >= 11 is 0. The predicted molar refractivity (Wildman–Crippen MR) is 105 cm³/mol. The fraction of sp³-hybridized carbons (Fsp3) is 0.158. The van der Waals surface area contributed by atoms with Crippen molar-refractivity contribution < 1.29 is 27.2 Å². The summed E-state index contributed by atoms with van der Waals surface area (Å²) in [6.07, 6.45) is -4.85. The molecule has 3 rings (SSSR count). The quantitative estimate of drug-likeness (QED) is 0.295. The maximum atomic E-state index is 13.4. The molecule has 1 heterocycles. The molecule has 0 bridgehead atoms. The number of hydrogen-bond donors (Lipinski definition) is 2. The fourth-order valence-electron chi connectivity index (χ4n) is 2.65. The van der Waals surface area contributed by atoms with Gasteiger partial charge < -0.3 is 15.4 Å². The van der Waals surface area contributed by atoms with E-state index in [1.807, 2.05) is 0 Å². The number of nitrogens with one attached hydrogen (secondary N) is 2. The molecule has 8 nitrogen and oxygen atoms in total. The van der Waals surface area contributed by atoms with E-state index in [9.17, 15) is 27.7 Å². The molecule has 0 unspecified atom stereocenters. The van der Waals surface area contributed by atoms with Crippen LogP contribution in [-0.2, 0) is 0 Å². The summed E-state index contributed by atoms with van der Waals surface area (Å²) in [5, 5.41) is 16.8. The van der Waals surface area contributed by atoms with Crippen LogP contribution in [0.2, 0.25) is 0 Å². The summed E-state index contributed by atoms with van der Waals surface area (Å²) in [7, 11) is 0. The van der Waals surface area contributed by atoms with E-state index in [0.717, 1.165) is 24.3 Å². The normalized spacial score (nSPS) is 11.1. The molecule has 0 saturated carbocycles. The highest BCUT2D eigenvalue weighted by atomic mass is 19.4. The average molecular weight is 437 g/mol. The number of halogens is 4. The Morgan fingerprint density at radius 2 is 1.90 bits per heavy atom. The molecule has 12 heteroatoms. The van der Waals surface area contributed by atoms with Crippen LogP contribution < -0.4 is 15.4 Å². The van der Waals surface area contributed by atoms with Crippen LogP contribution in [0.3, 0.4) is 0 Å². The monoisotopic (exact) mass is 437 g/mol. The molecule has 0 spiro atoms. The molecule has 1 aromatic heterocycles. The third kappa shape index (κ3) is 5.78. The Morgan fingerprint density at radius 3 is 2.58 bits per heavy atom. The Kier molecular flexibility index (Phi) is 6.18. The number of benzene rings is 2. The van der Waals surface area contributed by atoms with Crippen LogP contribution in [-0.4, -0.2) is 27.8 Å². The standard InChI is InChI=1S/C19H15F4N5O3/c1-2-24-18-26-15(11-4-3-5-13(8-11)31-19(21,22)23)10-17(27-18)25-14-7-6-12(20)9-16(14)28(29)30/h3-10H,2H2,1H3,(H2,24,25,26,27). The minimum absolute atomic E-state index is 0.0207. The summed E-state index contributed by atoms with van der Waals surface area (Å²) in [6.45, 7) is 2.22. The van der Waals surface area contributed by atoms with Crippen LogP contribution in [0.15, 0.2) is 48.5 Å². The van der Waals surface area contributed by atoms with Crippen molar-refractivity contribution in [3.8, 4) is 17.0 Å². The van der Waals surface area contributed by atoms with Crippen LogP contribution >= 0.6 is 0 Å². The van der Waals surface area contributed by atoms with Gasteiger partial charge in [-0.1, -0.05) is 12.1 Å². The second-order valence-electron chi connectivity index (χ2n) is 6.11. The Labute approximate surface area is 173 Å². The van der Waals surface area contributed by atoms with Crippen molar-refractivity contribution in [3.63, 3.8) is 0 Å². The predicted octanol–water partition coefficient (Wildman–Crippen LogP) is 5.26. The molecule has 162 valence electrons. The molecule has 0 aliphatic carbocycles. The fourth-order valence-corrected chi connectivity index (χ4v) is 2.65. The maximum absolute atomic E-state index is 13.4. The summed E-state index contributed by atoms with van der Waals surface area (Å²) < 4.78 is 54.9. The highest BCUT2D eigenvalue weighted by Gasteiger charge is 2.31. The minimum Gasteiger partial charge on any atom is -0.406 e. The molecule has 3 aromatic rings. The Balaban J connectivity index is 2.01. The number of rotatable bonds is 7. The van der Waals surface area contributed by atoms with E-state index in [1.54, 1.807) is 6.92 Å². The number of nitro groups is 1. The zero-order valence-electron chi connectivity index (χ0n) is 15.9. The smallest absolute Gasteiger partial charge is 0.406 e. The van der Waals surface area contributed by atoms with Gasteiger partial charge in [0.05, 0.1) is 16.7 Å². The number of alkyl halides is 3. The van der Waals surface area contributed by atoms with E-state index in [2.05, 4.69) is 25.3 Å². The summed E-state index contributed by atoms with van der Waals surface area (Å²) in [5.41, 5.74) is -0.0100. The van der Waals surface area contributed by atoms with Crippen molar-refractivity contribution in [2.24, 2.45) is 0 Å². The number of ether oxygens (including phenoxy) is 1. The van der Waals surface area contributed by atoms with Gasteiger partial charge in [-0.25, -0.2) is 9.37 Å². The van der Waals surface area contributed by atoms with E-state index < -0.39 is 28.5 Å². The Hall–Kier alpha value is -3.96. The van der Waals surface area contributed by atoms with Gasteiger partial charge in [-0.3, -0.25) is 10.1 Å². The second kappa shape index (κ2) is 8.81. The van der Waals surface area contributed by atoms with Gasteiger partial charge in [0, 0.05) is 18.2 Å². The molecule has 0 atom stereocenters. The first-order valence-corrected chi connectivity index (χ1v) is 8.84. The van der Waals surface area contributed by atoms with Crippen LogP contribution in [0, 0.1) is 15.9 Å². The first kappa shape index (κ1) is 21.7. The van der Waals surface area contributed by atoms with Crippen LogP contribution in [0.5, 0.6) is 5.75 Å². The molecule has 2 aromatic carbocycles. The van der Waals surface area contributed by atoms with Gasteiger partial charge in [0.1, 0.15) is 23.1 Å². The number of nitro benzene ring substituents is 1. The molecular formula is C19H15F4N5O3. The number of anilines is 3. The van der Waals surface area contributed by atoms with Crippen molar-refractivity contribution in [3.05, 3.63) is 64.5 Å². The number of hydrogen-bond acceptors (Lipinski definition) is 7. The largest absolute Gasteiger partial charge is 0.573 e. The van der Waals surface area contributed by atoms with Crippen LogP contribution in [0.25, 0.3) is 11.3 Å². The van der Waals surface area contributed by atoms with Gasteiger partial charge in [0.15, 0.2) is 0 Å². The lowest BCUT2D eigenvalue weighted by molar-refractivity contribution is -0.384.